The number of rotatable bonds is 3. The molecule has 2 aromatic carbocycles. The second kappa shape index (κ2) is 5.31. The van der Waals surface area contributed by atoms with Crippen molar-refractivity contribution in [2.24, 2.45) is 0 Å². The molecule has 0 radical (unpaired) electrons. The summed E-state index contributed by atoms with van der Waals surface area (Å²) in [5.74, 6) is -0.984. The summed E-state index contributed by atoms with van der Waals surface area (Å²) in [6.07, 6.45) is 1.62. The van der Waals surface area contributed by atoms with Gasteiger partial charge in [0.1, 0.15) is 5.75 Å². The first-order valence-electron chi connectivity index (χ1n) is 6.49. The maximum Gasteiger partial charge on any atom is 0.338 e. The fourth-order valence-electron chi connectivity index (χ4n) is 2.36. The van der Waals surface area contributed by atoms with Gasteiger partial charge in [0.2, 0.25) is 0 Å². The van der Waals surface area contributed by atoms with Crippen LogP contribution in [0.15, 0.2) is 36.4 Å². The van der Waals surface area contributed by atoms with E-state index in [1.807, 2.05) is 0 Å². The molecule has 0 aromatic heterocycles. The molecule has 0 heterocycles. The number of hydrogen-bond acceptors (Lipinski definition) is 4. The van der Waals surface area contributed by atoms with E-state index in [4.69, 9.17) is 11.6 Å². The van der Waals surface area contributed by atoms with Gasteiger partial charge in [-0.05, 0) is 41.5 Å². The molecule has 1 aliphatic carbocycles. The zero-order valence-electron chi connectivity index (χ0n) is 11.6. The molecular formula is C17H11ClO4. The highest BCUT2D eigenvalue weighted by atomic mass is 35.5. The number of hydrogen-bond donors (Lipinski definition) is 1. The number of phenolic OH excluding ortho intramolecular Hbond substituents is 1. The Morgan fingerprint density at radius 1 is 1.18 bits per heavy atom. The molecule has 1 N–H and O–H groups in total. The van der Waals surface area contributed by atoms with Crippen molar-refractivity contribution in [2.75, 3.05) is 7.11 Å². The van der Waals surface area contributed by atoms with Crippen molar-refractivity contribution in [3.63, 3.8) is 0 Å². The lowest BCUT2D eigenvalue weighted by Crippen LogP contribution is -2.12. The molecule has 110 valence electrons. The Hall–Kier alpha value is -2.59. The fourth-order valence-corrected chi connectivity index (χ4v) is 2.55. The van der Waals surface area contributed by atoms with Crippen molar-refractivity contribution in [1.82, 2.24) is 0 Å². The number of carbonyl (C=O) groups excluding carboxylic acids is 2. The van der Waals surface area contributed by atoms with Gasteiger partial charge in [-0.15, -0.1) is 0 Å². The first-order valence-corrected chi connectivity index (χ1v) is 6.86. The van der Waals surface area contributed by atoms with Crippen LogP contribution < -0.4 is 0 Å². The molecule has 3 rings (SSSR count). The highest BCUT2D eigenvalue weighted by Gasteiger charge is 2.26. The van der Waals surface area contributed by atoms with Crippen molar-refractivity contribution in [1.29, 1.82) is 0 Å². The number of fused-ring (bicyclic) bond motifs is 1. The van der Waals surface area contributed by atoms with Crippen LogP contribution in [0.4, 0.5) is 0 Å². The molecular weight excluding hydrogens is 304 g/mol. The van der Waals surface area contributed by atoms with Crippen LogP contribution in [-0.4, -0.2) is 24.0 Å². The topological polar surface area (TPSA) is 63.6 Å². The Labute approximate surface area is 131 Å². The van der Waals surface area contributed by atoms with Crippen LogP contribution in [0, 0.1) is 0 Å². The predicted molar refractivity (Wildman–Crippen MR) is 82.9 cm³/mol. The molecule has 2 aromatic rings. The number of benzene rings is 2. The number of aromatic hydroxyl groups is 1. The van der Waals surface area contributed by atoms with E-state index in [-0.39, 0.29) is 17.1 Å². The standard InChI is InChI=1S/C17H11ClO4/c1-22-17(21)13-6-10-7-14(15(19)8-12(10)13)16(20)9-3-2-4-11(18)5-9/h2-8,19H,1H3. The van der Waals surface area contributed by atoms with Gasteiger partial charge >= 0.3 is 5.97 Å². The Bertz CT molecular complexity index is 837. The van der Waals surface area contributed by atoms with E-state index >= 15 is 0 Å². The van der Waals surface area contributed by atoms with E-state index < -0.39 is 5.97 Å². The summed E-state index contributed by atoms with van der Waals surface area (Å²) in [6, 6.07) is 9.46. The molecule has 0 unspecified atom stereocenters. The number of ketones is 1. The van der Waals surface area contributed by atoms with Crippen LogP contribution >= 0.6 is 11.6 Å². The lowest BCUT2D eigenvalue weighted by atomic mass is 9.85. The molecule has 0 saturated heterocycles. The number of phenols is 1. The molecule has 0 bridgehead atoms. The van der Waals surface area contributed by atoms with E-state index in [0.29, 0.717) is 27.3 Å². The summed E-state index contributed by atoms with van der Waals surface area (Å²) >= 11 is 5.88. The maximum atomic E-state index is 12.4. The summed E-state index contributed by atoms with van der Waals surface area (Å²) in [4.78, 5) is 23.9. The average Bonchev–Trinajstić information content (AvgIpc) is 2.49. The van der Waals surface area contributed by atoms with Gasteiger partial charge in [-0.25, -0.2) is 4.79 Å². The molecule has 1 aliphatic rings. The number of esters is 1. The number of carbonyl (C=O) groups is 2. The normalized spacial score (nSPS) is 12.0. The summed E-state index contributed by atoms with van der Waals surface area (Å²) in [6.45, 7) is 0. The van der Waals surface area contributed by atoms with E-state index in [1.165, 1.54) is 13.2 Å². The number of ether oxygens (including phenoxy) is 1. The summed E-state index contributed by atoms with van der Waals surface area (Å²) in [5.41, 5.74) is 2.23. The van der Waals surface area contributed by atoms with E-state index in [9.17, 15) is 14.7 Å². The van der Waals surface area contributed by atoms with Gasteiger partial charge in [-0.1, -0.05) is 23.7 Å². The predicted octanol–water partition coefficient (Wildman–Crippen LogP) is 3.30. The lowest BCUT2D eigenvalue weighted by molar-refractivity contribution is -0.133. The molecule has 0 aliphatic heterocycles. The van der Waals surface area contributed by atoms with Gasteiger partial charge in [0.15, 0.2) is 5.78 Å². The van der Waals surface area contributed by atoms with Crippen molar-refractivity contribution in [3.8, 4) is 5.75 Å². The molecule has 0 amide bonds. The van der Waals surface area contributed by atoms with Gasteiger partial charge in [-0.3, -0.25) is 4.79 Å². The first kappa shape index (κ1) is 14.4. The van der Waals surface area contributed by atoms with E-state index in [0.717, 1.165) is 0 Å². The second-order valence-electron chi connectivity index (χ2n) is 4.85. The Morgan fingerprint density at radius 3 is 2.64 bits per heavy atom. The molecule has 0 spiro atoms. The second-order valence-corrected chi connectivity index (χ2v) is 5.28. The minimum Gasteiger partial charge on any atom is -0.507 e. The Morgan fingerprint density at radius 2 is 1.95 bits per heavy atom. The largest absolute Gasteiger partial charge is 0.507 e. The van der Waals surface area contributed by atoms with E-state index in [2.05, 4.69) is 4.74 Å². The first-order chi connectivity index (χ1) is 10.5. The number of halogens is 1. The summed E-state index contributed by atoms with van der Waals surface area (Å²) in [5, 5.41) is 10.5. The van der Waals surface area contributed by atoms with Crippen LogP contribution in [0.2, 0.25) is 5.02 Å². The van der Waals surface area contributed by atoms with Crippen molar-refractivity contribution >= 4 is 35.0 Å². The van der Waals surface area contributed by atoms with Crippen molar-refractivity contribution in [3.05, 3.63) is 63.7 Å². The summed E-state index contributed by atoms with van der Waals surface area (Å²) < 4.78 is 4.64. The third kappa shape index (κ3) is 2.27. The van der Waals surface area contributed by atoms with Crippen LogP contribution in [0.5, 0.6) is 5.75 Å². The van der Waals surface area contributed by atoms with Gasteiger partial charge in [0, 0.05) is 10.6 Å². The average molecular weight is 315 g/mol. The van der Waals surface area contributed by atoms with Gasteiger partial charge in [0.25, 0.3) is 0 Å². The van der Waals surface area contributed by atoms with Crippen LogP contribution in [0.1, 0.15) is 27.0 Å². The van der Waals surface area contributed by atoms with Crippen LogP contribution in [-0.2, 0) is 9.53 Å². The lowest BCUT2D eigenvalue weighted by Gasteiger charge is -2.19. The quantitative estimate of drug-likeness (QED) is 0.697. The van der Waals surface area contributed by atoms with E-state index in [1.54, 1.807) is 36.4 Å². The van der Waals surface area contributed by atoms with Gasteiger partial charge in [-0.2, -0.15) is 0 Å². The molecule has 4 nitrogen and oxygen atoms in total. The number of methoxy groups -OCH3 is 1. The third-order valence-electron chi connectivity index (χ3n) is 3.49. The van der Waals surface area contributed by atoms with Crippen molar-refractivity contribution < 1.29 is 19.4 Å². The van der Waals surface area contributed by atoms with Gasteiger partial charge in [0.05, 0.1) is 18.2 Å². The molecule has 0 saturated carbocycles. The summed E-state index contributed by atoms with van der Waals surface area (Å²) in [7, 11) is 1.29. The zero-order valence-corrected chi connectivity index (χ0v) is 12.3. The highest BCUT2D eigenvalue weighted by molar-refractivity contribution is 6.31. The molecule has 22 heavy (non-hydrogen) atoms. The Kier molecular flexibility index (Phi) is 3.47. The Balaban J connectivity index is 1.98. The maximum absolute atomic E-state index is 12.4. The smallest absolute Gasteiger partial charge is 0.338 e. The molecule has 5 heteroatoms. The van der Waals surface area contributed by atoms with Crippen molar-refractivity contribution in [2.45, 2.75) is 0 Å². The minimum atomic E-state index is -0.471. The van der Waals surface area contributed by atoms with Crippen LogP contribution in [0.25, 0.3) is 11.6 Å². The SMILES string of the molecule is COC(=O)C1=Cc2cc(C(=O)c3cccc(Cl)c3)c(O)cc21. The van der Waals surface area contributed by atoms with Gasteiger partial charge < -0.3 is 9.84 Å². The zero-order chi connectivity index (χ0) is 15.9. The minimum absolute atomic E-state index is 0.168. The monoisotopic (exact) mass is 314 g/mol. The molecule has 0 fully saturated rings. The molecule has 0 atom stereocenters. The highest BCUT2D eigenvalue weighted by Crippen LogP contribution is 2.38. The fraction of sp³-hybridized carbons (Fsp3) is 0.0588. The third-order valence-corrected chi connectivity index (χ3v) is 3.73. The van der Waals surface area contributed by atoms with Crippen LogP contribution in [0.3, 0.4) is 0 Å².